The molecule has 0 saturated heterocycles. The maximum absolute atomic E-state index is 12.3. The van der Waals surface area contributed by atoms with E-state index < -0.39 is 10.8 Å². The number of carbonyl (C=O) groups excluding carboxylic acids is 1. The van der Waals surface area contributed by atoms with Crippen molar-refractivity contribution in [3.8, 4) is 0 Å². The lowest BCUT2D eigenvalue weighted by molar-refractivity contribution is -0.385. The van der Waals surface area contributed by atoms with Crippen molar-refractivity contribution >= 4 is 17.3 Å². The zero-order valence-electron chi connectivity index (χ0n) is 12.4. The fraction of sp³-hybridized carbons (Fsp3) is 0.417. The van der Waals surface area contributed by atoms with Gasteiger partial charge in [0.25, 0.3) is 5.91 Å². The van der Waals surface area contributed by atoms with E-state index in [-0.39, 0.29) is 23.8 Å². The van der Waals surface area contributed by atoms with Crippen LogP contribution in [-0.4, -0.2) is 37.0 Å². The molecule has 10 nitrogen and oxygen atoms in total. The van der Waals surface area contributed by atoms with E-state index >= 15 is 0 Å². The number of nitrogens with zero attached hydrogens (tertiary/aromatic N) is 5. The average molecular weight is 308 g/mol. The minimum absolute atomic E-state index is 0.111. The highest BCUT2D eigenvalue weighted by atomic mass is 16.6. The summed E-state index contributed by atoms with van der Waals surface area (Å²) in [6, 6.07) is 0. The van der Waals surface area contributed by atoms with Gasteiger partial charge in [0.1, 0.15) is 12.4 Å². The molecule has 0 unspecified atom stereocenters. The average Bonchev–Trinajstić information content (AvgIpc) is 3.00. The molecule has 2 aromatic heterocycles. The molecule has 0 aliphatic heterocycles. The number of carbonyl (C=O) groups is 1. The van der Waals surface area contributed by atoms with Gasteiger partial charge in [-0.2, -0.15) is 10.2 Å². The third kappa shape index (κ3) is 3.11. The quantitative estimate of drug-likeness (QED) is 0.630. The molecule has 118 valence electrons. The first-order valence-electron chi connectivity index (χ1n) is 6.53. The topological polar surface area (TPSA) is 117 Å². The normalized spacial score (nSPS) is 10.7. The molecular formula is C12H16N6O4. The molecule has 0 saturated carbocycles. The Kier molecular flexibility index (Phi) is 4.51. The van der Waals surface area contributed by atoms with Gasteiger partial charge in [0.2, 0.25) is 5.69 Å². The lowest BCUT2D eigenvalue weighted by Crippen LogP contribution is -2.17. The second kappa shape index (κ2) is 6.35. The van der Waals surface area contributed by atoms with Gasteiger partial charge in [0.15, 0.2) is 0 Å². The Morgan fingerprint density at radius 2 is 2.27 bits per heavy atom. The molecule has 0 bridgehead atoms. The van der Waals surface area contributed by atoms with Crippen molar-refractivity contribution < 1.29 is 14.5 Å². The fourth-order valence-corrected chi connectivity index (χ4v) is 1.99. The zero-order valence-corrected chi connectivity index (χ0v) is 12.4. The molecule has 2 rings (SSSR count). The van der Waals surface area contributed by atoms with Gasteiger partial charge >= 0.3 is 5.69 Å². The summed E-state index contributed by atoms with van der Waals surface area (Å²) in [5.74, 6) is -0.620. The maximum Gasteiger partial charge on any atom is 0.322 e. The van der Waals surface area contributed by atoms with E-state index in [4.69, 9.17) is 4.74 Å². The van der Waals surface area contributed by atoms with E-state index in [1.54, 1.807) is 6.20 Å². The van der Waals surface area contributed by atoms with Crippen LogP contribution in [0.25, 0.3) is 0 Å². The summed E-state index contributed by atoms with van der Waals surface area (Å²) in [6.07, 6.45) is 3.01. The lowest BCUT2D eigenvalue weighted by atomic mass is 10.3. The number of aromatic nitrogens is 4. The second-order valence-corrected chi connectivity index (χ2v) is 4.51. The Bertz CT molecular complexity index is 705. The number of hydrogen-bond acceptors (Lipinski definition) is 6. The first kappa shape index (κ1) is 15.6. The van der Waals surface area contributed by atoms with Gasteiger partial charge in [0, 0.05) is 13.7 Å². The Morgan fingerprint density at radius 3 is 2.91 bits per heavy atom. The lowest BCUT2D eigenvalue weighted by Gasteiger charge is -2.02. The molecule has 0 fully saturated rings. The maximum atomic E-state index is 12.3. The van der Waals surface area contributed by atoms with Gasteiger partial charge in [-0.15, -0.1) is 0 Å². The highest BCUT2D eigenvalue weighted by Crippen LogP contribution is 2.23. The molecule has 0 radical (unpaired) electrons. The molecule has 0 atom stereocenters. The minimum Gasteiger partial charge on any atom is -0.360 e. The number of nitro groups is 1. The predicted octanol–water partition coefficient (Wildman–Crippen LogP) is 1.08. The van der Waals surface area contributed by atoms with Gasteiger partial charge in [0.05, 0.1) is 23.0 Å². The van der Waals surface area contributed by atoms with Crippen LogP contribution < -0.4 is 5.32 Å². The summed E-state index contributed by atoms with van der Waals surface area (Å²) >= 11 is 0. The Labute approximate surface area is 125 Å². The smallest absolute Gasteiger partial charge is 0.322 e. The van der Waals surface area contributed by atoms with Crippen molar-refractivity contribution in [3.05, 3.63) is 33.9 Å². The molecule has 1 amide bonds. The molecule has 1 N–H and O–H groups in total. The standard InChI is InChI=1S/C12H16N6O4/c1-4-22-7-17-6-9(5-13-17)14-12(19)11-10(18(20)21)8(2)15-16(11)3/h5-6H,4,7H2,1-3H3,(H,14,19). The highest BCUT2D eigenvalue weighted by molar-refractivity contribution is 6.05. The number of amides is 1. The van der Waals surface area contributed by atoms with Crippen LogP contribution in [0.1, 0.15) is 23.1 Å². The molecule has 0 spiro atoms. The summed E-state index contributed by atoms with van der Waals surface area (Å²) in [6.45, 7) is 4.14. The van der Waals surface area contributed by atoms with Crippen molar-refractivity contribution in [1.29, 1.82) is 0 Å². The van der Waals surface area contributed by atoms with Crippen LogP contribution >= 0.6 is 0 Å². The first-order chi connectivity index (χ1) is 10.4. The van der Waals surface area contributed by atoms with Gasteiger partial charge in [-0.3, -0.25) is 19.6 Å². The Hall–Kier alpha value is -2.75. The summed E-state index contributed by atoms with van der Waals surface area (Å²) in [7, 11) is 1.48. The van der Waals surface area contributed by atoms with Crippen molar-refractivity contribution in [2.45, 2.75) is 20.6 Å². The SMILES string of the molecule is CCOCn1cc(NC(=O)c2c([N+](=O)[O-])c(C)nn2C)cn1. The Balaban J connectivity index is 2.19. The largest absolute Gasteiger partial charge is 0.360 e. The molecular weight excluding hydrogens is 292 g/mol. The summed E-state index contributed by atoms with van der Waals surface area (Å²) in [4.78, 5) is 22.7. The number of ether oxygens (including phenoxy) is 1. The minimum atomic E-state index is -0.620. The van der Waals surface area contributed by atoms with Crippen LogP contribution in [0.2, 0.25) is 0 Å². The van der Waals surface area contributed by atoms with Crippen LogP contribution in [0, 0.1) is 17.0 Å². The van der Waals surface area contributed by atoms with E-state index in [1.165, 1.54) is 29.5 Å². The molecule has 22 heavy (non-hydrogen) atoms. The van der Waals surface area contributed by atoms with Crippen molar-refractivity contribution in [3.63, 3.8) is 0 Å². The molecule has 0 aromatic carbocycles. The van der Waals surface area contributed by atoms with E-state index in [1.807, 2.05) is 6.92 Å². The molecule has 0 aliphatic carbocycles. The van der Waals surface area contributed by atoms with Crippen LogP contribution in [-0.2, 0) is 18.5 Å². The zero-order chi connectivity index (χ0) is 16.3. The third-order valence-corrected chi connectivity index (χ3v) is 2.91. The summed E-state index contributed by atoms with van der Waals surface area (Å²) in [5, 5.41) is 21.6. The van der Waals surface area contributed by atoms with Gasteiger partial charge < -0.3 is 10.1 Å². The van der Waals surface area contributed by atoms with Crippen molar-refractivity contribution in [1.82, 2.24) is 19.6 Å². The molecule has 2 aromatic rings. The Morgan fingerprint density at radius 1 is 1.55 bits per heavy atom. The number of anilines is 1. The number of nitrogens with one attached hydrogen (secondary N) is 1. The van der Waals surface area contributed by atoms with Gasteiger partial charge in [-0.1, -0.05) is 0 Å². The predicted molar refractivity (Wildman–Crippen MR) is 76.4 cm³/mol. The molecule has 2 heterocycles. The van der Waals surface area contributed by atoms with Crippen molar-refractivity contribution in [2.24, 2.45) is 7.05 Å². The van der Waals surface area contributed by atoms with Crippen LogP contribution in [0.4, 0.5) is 11.4 Å². The number of rotatable bonds is 6. The van der Waals surface area contributed by atoms with E-state index in [9.17, 15) is 14.9 Å². The number of hydrogen-bond donors (Lipinski definition) is 1. The van der Waals surface area contributed by atoms with E-state index in [2.05, 4.69) is 15.5 Å². The molecule has 0 aliphatic rings. The van der Waals surface area contributed by atoms with Crippen molar-refractivity contribution in [2.75, 3.05) is 11.9 Å². The van der Waals surface area contributed by atoms with Crippen LogP contribution in [0.3, 0.4) is 0 Å². The molecule has 10 heteroatoms. The summed E-state index contributed by atoms with van der Waals surface area (Å²) < 4.78 is 7.87. The second-order valence-electron chi connectivity index (χ2n) is 4.51. The monoisotopic (exact) mass is 308 g/mol. The van der Waals surface area contributed by atoms with E-state index in [0.29, 0.717) is 12.3 Å². The first-order valence-corrected chi connectivity index (χ1v) is 6.53. The van der Waals surface area contributed by atoms with Gasteiger partial charge in [-0.25, -0.2) is 4.68 Å². The fourth-order valence-electron chi connectivity index (χ4n) is 1.99. The van der Waals surface area contributed by atoms with Gasteiger partial charge in [-0.05, 0) is 13.8 Å². The summed E-state index contributed by atoms with van der Waals surface area (Å²) in [5.41, 5.74) is 0.185. The van der Waals surface area contributed by atoms with E-state index in [0.717, 1.165) is 0 Å². The highest BCUT2D eigenvalue weighted by Gasteiger charge is 2.29. The number of aryl methyl sites for hydroxylation is 2. The van der Waals surface area contributed by atoms with Crippen LogP contribution in [0.5, 0.6) is 0 Å². The van der Waals surface area contributed by atoms with Crippen LogP contribution in [0.15, 0.2) is 12.4 Å². The third-order valence-electron chi connectivity index (χ3n) is 2.91.